The van der Waals surface area contributed by atoms with Crippen LogP contribution in [0.2, 0.25) is 0 Å². The third-order valence-corrected chi connectivity index (χ3v) is 4.81. The Morgan fingerprint density at radius 3 is 0.676 bits per heavy atom. The summed E-state index contributed by atoms with van der Waals surface area (Å²) in [5.41, 5.74) is 0. The van der Waals surface area contributed by atoms with Crippen molar-refractivity contribution in [2.45, 2.75) is 75.5 Å². The minimum absolute atomic E-state index is 0. The molecular weight excluding hydrogens is 628 g/mol. The number of amides is 4. The third kappa shape index (κ3) is 13.3. The summed E-state index contributed by atoms with van der Waals surface area (Å²) in [6.07, 6.45) is 2.22. The van der Waals surface area contributed by atoms with Crippen molar-refractivity contribution in [3.8, 4) is 0 Å². The van der Waals surface area contributed by atoms with Crippen molar-refractivity contribution in [3.05, 3.63) is 21.3 Å². The molecule has 4 rings (SSSR count). The Bertz CT molecular complexity index is 768. The fourth-order valence-corrected chi connectivity index (χ4v) is 2.93. The van der Waals surface area contributed by atoms with Crippen LogP contribution in [0.25, 0.3) is 21.3 Å². The Morgan fingerprint density at radius 1 is 0.459 bits per heavy atom. The van der Waals surface area contributed by atoms with Crippen LogP contribution in [0.1, 0.15) is 51.4 Å². The molecule has 4 aliphatic rings. The topological polar surface area (TPSA) is 285 Å². The number of hydrogen-bond acceptors (Lipinski definition) is 12. The monoisotopic (exact) mass is 648 g/mol. The van der Waals surface area contributed by atoms with Gasteiger partial charge in [0.2, 0.25) is 0 Å². The molecule has 0 aromatic carbocycles. The van der Waals surface area contributed by atoms with Gasteiger partial charge in [0.25, 0.3) is 0 Å². The van der Waals surface area contributed by atoms with Crippen LogP contribution in [0.5, 0.6) is 0 Å². The molecule has 16 nitrogen and oxygen atoms in total. The zero-order valence-corrected chi connectivity index (χ0v) is 22.3. The van der Waals surface area contributed by atoms with E-state index in [1.807, 2.05) is 0 Å². The number of carboxylic acids is 4. The zero-order valence-electron chi connectivity index (χ0n) is 19.2. The molecular formula is C20H20CeN4O12-4. The first-order valence-corrected chi connectivity index (χ1v) is 10.6. The van der Waals surface area contributed by atoms with E-state index in [1.54, 1.807) is 0 Å². The fraction of sp³-hybridized carbons (Fsp3) is 0.600. The molecule has 4 saturated heterocycles. The van der Waals surface area contributed by atoms with Crippen molar-refractivity contribution < 1.29 is 101 Å². The van der Waals surface area contributed by atoms with Crippen molar-refractivity contribution in [1.82, 2.24) is 0 Å². The molecule has 4 aliphatic heterocycles. The van der Waals surface area contributed by atoms with Crippen LogP contribution < -0.4 is 20.4 Å². The van der Waals surface area contributed by atoms with Gasteiger partial charge in [-0.25, -0.2) is 0 Å². The van der Waals surface area contributed by atoms with Crippen LogP contribution in [-0.2, 0) is 38.4 Å². The minimum atomic E-state index is -1.25. The van der Waals surface area contributed by atoms with Gasteiger partial charge in [-0.1, -0.05) is 49.9 Å². The van der Waals surface area contributed by atoms with Gasteiger partial charge in [0.05, 0.1) is 23.6 Å². The second-order valence-corrected chi connectivity index (χ2v) is 7.59. The summed E-state index contributed by atoms with van der Waals surface area (Å²) in [5.74, 6) is -6.31. The molecule has 4 atom stereocenters. The summed E-state index contributed by atoms with van der Waals surface area (Å²) < 4.78 is 0. The molecule has 0 aromatic rings. The Hall–Kier alpha value is -2.86. The van der Waals surface area contributed by atoms with Crippen LogP contribution >= 0.6 is 0 Å². The summed E-state index contributed by atoms with van der Waals surface area (Å²) >= 11 is 0. The van der Waals surface area contributed by atoms with Gasteiger partial charge < -0.3 is 80.0 Å². The van der Waals surface area contributed by atoms with E-state index >= 15 is 0 Å². The summed E-state index contributed by atoms with van der Waals surface area (Å²) in [6.45, 7) is 0. The summed E-state index contributed by atoms with van der Waals surface area (Å²) in [6, 6.07) is -3.51. The van der Waals surface area contributed by atoms with Crippen LogP contribution in [0, 0.1) is 41.7 Å². The predicted octanol–water partition coefficient (Wildman–Crippen LogP) is -4.80. The maximum Gasteiger partial charge on any atom is 4.00 e. The Kier molecular flexibility index (Phi) is 15.5. The van der Waals surface area contributed by atoms with E-state index in [0.717, 1.165) is 0 Å². The molecule has 0 aliphatic carbocycles. The quantitative estimate of drug-likeness (QED) is 0.277. The molecule has 37 heavy (non-hydrogen) atoms. The summed E-state index contributed by atoms with van der Waals surface area (Å²) in [7, 11) is 0. The SMILES string of the molecule is O=C1CCC(C(=O)[O-])[N-]1.O=C1CCC(C(=O)[O-])[N-]1.O=C1CCC(C(=O)[O-])[N-]1.O=C1CCC(C(=O)[O-])[N-]1.[Ce+4]. The predicted molar refractivity (Wildman–Crippen MR) is 106 cm³/mol. The molecule has 0 saturated carbocycles. The Labute approximate surface area is 243 Å². The van der Waals surface area contributed by atoms with Gasteiger partial charge in [-0.15, -0.1) is 0 Å². The first-order chi connectivity index (χ1) is 16.8. The van der Waals surface area contributed by atoms with Crippen molar-refractivity contribution in [2.75, 3.05) is 0 Å². The Balaban J connectivity index is 0.000000463. The number of carboxylic acid groups (broad SMARTS) is 4. The van der Waals surface area contributed by atoms with Gasteiger partial charge in [0.1, 0.15) is 0 Å². The molecule has 0 radical (unpaired) electrons. The number of aliphatic carboxylic acids is 4. The van der Waals surface area contributed by atoms with Gasteiger partial charge in [0.15, 0.2) is 0 Å². The number of carbonyl (C=O) groups excluding carboxylic acids is 8. The number of hydrogen-bond donors (Lipinski definition) is 0. The first-order valence-electron chi connectivity index (χ1n) is 10.6. The van der Waals surface area contributed by atoms with Crippen molar-refractivity contribution >= 4 is 47.5 Å². The van der Waals surface area contributed by atoms with Crippen LogP contribution in [0.4, 0.5) is 0 Å². The van der Waals surface area contributed by atoms with E-state index in [9.17, 15) is 58.8 Å². The second-order valence-electron chi connectivity index (χ2n) is 7.59. The third-order valence-electron chi connectivity index (χ3n) is 4.81. The molecule has 0 N–H and O–H groups in total. The van der Waals surface area contributed by atoms with E-state index in [1.165, 1.54) is 0 Å². The maximum absolute atomic E-state index is 10.3. The van der Waals surface area contributed by atoms with E-state index in [2.05, 4.69) is 21.3 Å². The molecule has 4 heterocycles. The van der Waals surface area contributed by atoms with Gasteiger partial charge in [0, 0.05) is 23.9 Å². The fourth-order valence-electron chi connectivity index (χ4n) is 2.93. The van der Waals surface area contributed by atoms with E-state index in [-0.39, 0.29) is 91.1 Å². The molecule has 4 amide bonds. The molecule has 4 fully saturated rings. The molecule has 17 heteroatoms. The van der Waals surface area contributed by atoms with Gasteiger partial charge in [-0.3, -0.25) is 0 Å². The zero-order chi connectivity index (χ0) is 27.4. The minimum Gasteiger partial charge on any atom is -0.646 e. The van der Waals surface area contributed by atoms with Crippen molar-refractivity contribution in [2.24, 2.45) is 0 Å². The second kappa shape index (κ2) is 16.8. The van der Waals surface area contributed by atoms with Gasteiger partial charge in [-0.2, -0.15) is 0 Å². The molecule has 0 spiro atoms. The van der Waals surface area contributed by atoms with Crippen LogP contribution in [-0.4, -0.2) is 71.7 Å². The van der Waals surface area contributed by atoms with Gasteiger partial charge >= 0.3 is 41.7 Å². The summed E-state index contributed by atoms with van der Waals surface area (Å²) in [4.78, 5) is 81.2. The maximum atomic E-state index is 10.3. The molecule has 200 valence electrons. The molecule has 4 unspecified atom stereocenters. The number of nitrogens with zero attached hydrogens (tertiary/aromatic N) is 4. The summed E-state index contributed by atoms with van der Waals surface area (Å²) in [5, 5.41) is 53.1. The first kappa shape index (κ1) is 34.1. The number of carbonyl (C=O) groups is 8. The van der Waals surface area contributed by atoms with Crippen molar-refractivity contribution in [3.63, 3.8) is 0 Å². The average Bonchev–Trinajstić information content (AvgIpc) is 3.58. The normalized spacial score (nSPS) is 25.1. The standard InChI is InChI=1S/4C5H7NO3.Ce/c4*7-4-2-1-3(6-4)5(8)9;/h4*3H,1-2H2,(H2,6,7,8,9);/q;;;;+4/p-8. The van der Waals surface area contributed by atoms with Crippen LogP contribution in [0.3, 0.4) is 0 Å². The van der Waals surface area contributed by atoms with E-state index in [4.69, 9.17) is 0 Å². The molecule has 0 bridgehead atoms. The Morgan fingerprint density at radius 2 is 0.622 bits per heavy atom. The number of rotatable bonds is 4. The van der Waals surface area contributed by atoms with Crippen LogP contribution in [0.15, 0.2) is 0 Å². The molecule has 0 aromatic heterocycles. The average molecular weight is 649 g/mol. The van der Waals surface area contributed by atoms with E-state index < -0.39 is 48.0 Å². The van der Waals surface area contributed by atoms with E-state index in [0.29, 0.717) is 25.7 Å². The van der Waals surface area contributed by atoms with Gasteiger partial charge in [-0.05, 0) is 25.7 Å². The largest absolute Gasteiger partial charge is 4.00 e. The van der Waals surface area contributed by atoms with Crippen molar-refractivity contribution in [1.29, 1.82) is 0 Å². The smallest absolute Gasteiger partial charge is 0.646 e.